The van der Waals surface area contributed by atoms with E-state index in [2.05, 4.69) is 19.2 Å². The van der Waals surface area contributed by atoms with Gasteiger partial charge in [0.25, 0.3) is 5.91 Å². The summed E-state index contributed by atoms with van der Waals surface area (Å²) in [5.74, 6) is 1.39. The van der Waals surface area contributed by atoms with Crippen LogP contribution in [0.1, 0.15) is 55.2 Å². The number of benzene rings is 2. The first-order valence-corrected chi connectivity index (χ1v) is 10.7. The van der Waals surface area contributed by atoms with Crippen molar-refractivity contribution in [3.05, 3.63) is 53.6 Å². The Morgan fingerprint density at radius 3 is 2.80 bits per heavy atom. The van der Waals surface area contributed by atoms with Crippen molar-refractivity contribution in [1.29, 1.82) is 0 Å². The van der Waals surface area contributed by atoms with E-state index in [0.29, 0.717) is 23.7 Å². The van der Waals surface area contributed by atoms with Crippen LogP contribution in [0, 0.1) is 0 Å². The summed E-state index contributed by atoms with van der Waals surface area (Å²) in [5, 5.41) is 3.55. The summed E-state index contributed by atoms with van der Waals surface area (Å²) < 4.78 is 17.2. The van der Waals surface area contributed by atoms with E-state index in [-0.39, 0.29) is 24.2 Å². The number of carbonyl (C=O) groups excluding carboxylic acids is 1. The van der Waals surface area contributed by atoms with Crippen molar-refractivity contribution in [2.75, 3.05) is 25.6 Å². The smallest absolute Gasteiger partial charge is 0.258 e. The van der Waals surface area contributed by atoms with E-state index in [1.165, 1.54) is 0 Å². The molecule has 2 aromatic carbocycles. The monoisotopic (exact) mass is 410 g/mol. The predicted octanol–water partition coefficient (Wildman–Crippen LogP) is 4.62. The summed E-state index contributed by atoms with van der Waals surface area (Å²) in [6.07, 6.45) is 2.84. The largest absolute Gasteiger partial charge is 0.493 e. The average Bonchev–Trinajstić information content (AvgIpc) is 3.30. The van der Waals surface area contributed by atoms with Gasteiger partial charge in [0.15, 0.2) is 11.5 Å². The SMILES string of the molecule is CCC(C)N1C(=O)c2ccccc2NC1c1ccc(OCC2CCCO2)c(OC)c1. The van der Waals surface area contributed by atoms with E-state index >= 15 is 0 Å². The molecule has 4 rings (SSSR count). The Bertz CT molecular complexity index is 895. The van der Waals surface area contributed by atoms with Crippen molar-refractivity contribution in [1.82, 2.24) is 4.90 Å². The van der Waals surface area contributed by atoms with E-state index < -0.39 is 0 Å². The summed E-state index contributed by atoms with van der Waals surface area (Å²) in [7, 11) is 1.64. The van der Waals surface area contributed by atoms with E-state index in [9.17, 15) is 4.79 Å². The van der Waals surface area contributed by atoms with Crippen molar-refractivity contribution in [2.24, 2.45) is 0 Å². The molecule has 30 heavy (non-hydrogen) atoms. The lowest BCUT2D eigenvalue weighted by Gasteiger charge is -2.41. The second kappa shape index (κ2) is 8.96. The lowest BCUT2D eigenvalue weighted by Crippen LogP contribution is -2.47. The maximum Gasteiger partial charge on any atom is 0.258 e. The van der Waals surface area contributed by atoms with E-state index in [4.69, 9.17) is 14.2 Å². The minimum atomic E-state index is -0.275. The van der Waals surface area contributed by atoms with E-state index in [1.807, 2.05) is 47.4 Å². The Hall–Kier alpha value is -2.73. The van der Waals surface area contributed by atoms with Crippen LogP contribution in [0.4, 0.5) is 5.69 Å². The van der Waals surface area contributed by atoms with Crippen LogP contribution in [0.15, 0.2) is 42.5 Å². The van der Waals surface area contributed by atoms with Gasteiger partial charge in [-0.3, -0.25) is 4.79 Å². The molecule has 3 unspecified atom stereocenters. The van der Waals surface area contributed by atoms with Gasteiger partial charge >= 0.3 is 0 Å². The molecule has 6 heteroatoms. The summed E-state index contributed by atoms with van der Waals surface area (Å²) in [4.78, 5) is 15.2. The van der Waals surface area contributed by atoms with Crippen molar-refractivity contribution in [3.8, 4) is 11.5 Å². The molecule has 0 radical (unpaired) electrons. The Morgan fingerprint density at radius 1 is 1.23 bits per heavy atom. The van der Waals surface area contributed by atoms with Crippen LogP contribution in [-0.4, -0.2) is 43.3 Å². The van der Waals surface area contributed by atoms with Crippen molar-refractivity contribution >= 4 is 11.6 Å². The number of ether oxygens (including phenoxy) is 3. The molecular formula is C24H30N2O4. The molecule has 0 aromatic heterocycles. The average molecular weight is 411 g/mol. The third-order valence-electron chi connectivity index (χ3n) is 5.98. The molecule has 6 nitrogen and oxygen atoms in total. The molecule has 0 aliphatic carbocycles. The van der Waals surface area contributed by atoms with Gasteiger partial charge in [0.2, 0.25) is 0 Å². The van der Waals surface area contributed by atoms with Gasteiger partial charge in [-0.2, -0.15) is 0 Å². The summed E-state index contributed by atoms with van der Waals surface area (Å²) in [6.45, 7) is 5.50. The molecular weight excluding hydrogens is 380 g/mol. The number of nitrogens with zero attached hydrogens (tertiary/aromatic N) is 1. The molecule has 3 atom stereocenters. The van der Waals surface area contributed by atoms with Crippen molar-refractivity contribution in [2.45, 2.75) is 51.4 Å². The van der Waals surface area contributed by atoms with E-state index in [1.54, 1.807) is 7.11 Å². The molecule has 1 saturated heterocycles. The van der Waals surface area contributed by atoms with Crippen LogP contribution in [0.3, 0.4) is 0 Å². The number of para-hydroxylation sites is 1. The molecule has 2 heterocycles. The number of anilines is 1. The number of amides is 1. The second-order valence-electron chi connectivity index (χ2n) is 7.92. The fourth-order valence-corrected chi connectivity index (χ4v) is 4.10. The highest BCUT2D eigenvalue weighted by Gasteiger charge is 2.35. The fourth-order valence-electron chi connectivity index (χ4n) is 4.10. The Balaban J connectivity index is 1.62. The van der Waals surface area contributed by atoms with E-state index in [0.717, 1.165) is 37.1 Å². The lowest BCUT2D eigenvalue weighted by molar-refractivity contribution is 0.0592. The highest BCUT2D eigenvalue weighted by atomic mass is 16.5. The van der Waals surface area contributed by atoms with Gasteiger partial charge in [-0.05, 0) is 56.0 Å². The zero-order valence-electron chi connectivity index (χ0n) is 17.9. The van der Waals surface area contributed by atoms with Gasteiger partial charge in [0, 0.05) is 18.3 Å². The molecule has 0 bridgehead atoms. The molecule has 1 N–H and O–H groups in total. The Kier molecular flexibility index (Phi) is 6.13. The fraction of sp³-hybridized carbons (Fsp3) is 0.458. The molecule has 2 aromatic rings. The van der Waals surface area contributed by atoms with Gasteiger partial charge in [0.1, 0.15) is 12.8 Å². The van der Waals surface area contributed by atoms with Crippen molar-refractivity contribution in [3.63, 3.8) is 0 Å². The number of nitrogens with one attached hydrogen (secondary N) is 1. The quantitative estimate of drug-likeness (QED) is 0.722. The zero-order chi connectivity index (χ0) is 21.1. The summed E-state index contributed by atoms with van der Waals surface area (Å²) >= 11 is 0. The summed E-state index contributed by atoms with van der Waals surface area (Å²) in [6, 6.07) is 13.6. The van der Waals surface area contributed by atoms with Gasteiger partial charge in [-0.1, -0.05) is 25.1 Å². The Morgan fingerprint density at radius 2 is 2.07 bits per heavy atom. The number of carbonyl (C=O) groups is 1. The van der Waals surface area contributed by atoms with Gasteiger partial charge < -0.3 is 24.4 Å². The third-order valence-corrected chi connectivity index (χ3v) is 5.98. The molecule has 0 spiro atoms. The van der Waals surface area contributed by atoms with Crippen LogP contribution in [0.5, 0.6) is 11.5 Å². The standard InChI is InChI=1S/C24H30N2O4/c1-4-16(2)26-23(25-20-10-6-5-9-19(20)24(26)27)17-11-12-21(22(14-17)28-3)30-15-18-8-7-13-29-18/h5-6,9-12,14,16,18,23,25H,4,7-8,13,15H2,1-3H3. The normalized spacial score (nSPS) is 21.7. The highest BCUT2D eigenvalue weighted by Crippen LogP contribution is 2.38. The Labute approximate surface area is 178 Å². The number of fused-ring (bicyclic) bond motifs is 1. The van der Waals surface area contributed by atoms with Gasteiger partial charge in [0.05, 0.1) is 18.8 Å². The number of rotatable bonds is 7. The first-order chi connectivity index (χ1) is 14.6. The minimum absolute atomic E-state index is 0.0429. The maximum atomic E-state index is 13.3. The topological polar surface area (TPSA) is 60.0 Å². The predicted molar refractivity (Wildman–Crippen MR) is 116 cm³/mol. The minimum Gasteiger partial charge on any atom is -0.493 e. The van der Waals surface area contributed by atoms with Crippen LogP contribution in [-0.2, 0) is 4.74 Å². The van der Waals surface area contributed by atoms with Crippen LogP contribution in [0.25, 0.3) is 0 Å². The number of methoxy groups -OCH3 is 1. The van der Waals surface area contributed by atoms with Gasteiger partial charge in [-0.15, -0.1) is 0 Å². The molecule has 1 fully saturated rings. The molecule has 2 aliphatic rings. The number of hydrogen-bond acceptors (Lipinski definition) is 5. The number of hydrogen-bond donors (Lipinski definition) is 1. The maximum absolute atomic E-state index is 13.3. The molecule has 160 valence electrons. The molecule has 1 amide bonds. The van der Waals surface area contributed by atoms with Gasteiger partial charge in [-0.25, -0.2) is 0 Å². The first-order valence-electron chi connectivity index (χ1n) is 10.7. The van der Waals surface area contributed by atoms with Crippen molar-refractivity contribution < 1.29 is 19.0 Å². The summed E-state index contributed by atoms with van der Waals surface area (Å²) in [5.41, 5.74) is 2.52. The first kappa shape index (κ1) is 20.5. The van der Waals surface area contributed by atoms with Crippen LogP contribution in [0.2, 0.25) is 0 Å². The lowest BCUT2D eigenvalue weighted by atomic mass is 10.0. The second-order valence-corrected chi connectivity index (χ2v) is 7.92. The van der Waals surface area contributed by atoms with Crippen LogP contribution >= 0.6 is 0 Å². The third kappa shape index (κ3) is 3.97. The zero-order valence-corrected chi connectivity index (χ0v) is 17.9. The molecule has 2 aliphatic heterocycles. The van der Waals surface area contributed by atoms with Crippen LogP contribution < -0.4 is 14.8 Å². The molecule has 0 saturated carbocycles. The highest BCUT2D eigenvalue weighted by molar-refractivity contribution is 6.01.